The highest BCUT2D eigenvalue weighted by Gasteiger charge is 2.34. The number of carbonyl (C=O) groups excluding carboxylic acids is 2. The number of nitrogens with one attached hydrogen (secondary N) is 1. The standard InChI is InChI=1S/C29H31N5O5/c1-37-22-13-9-20(10-14-22)28(29(36)30-18-24-6-5-17-39-24)34(21-11-15-23(38-2)16-12-21)27(35)19-33-26-8-4-3-7-25(26)31-32-33/h3-4,7-16,24,28H,5-6,17-19H2,1-2H3,(H,30,36). The molecule has 4 aromatic rings. The molecule has 3 aromatic carbocycles. The molecule has 2 heterocycles. The highest BCUT2D eigenvalue weighted by Crippen LogP contribution is 2.31. The van der Waals surface area contributed by atoms with Crippen molar-refractivity contribution in [1.82, 2.24) is 20.3 Å². The largest absolute Gasteiger partial charge is 0.497 e. The smallest absolute Gasteiger partial charge is 0.249 e. The topological polar surface area (TPSA) is 108 Å². The van der Waals surface area contributed by atoms with Gasteiger partial charge in [-0.2, -0.15) is 0 Å². The molecule has 5 rings (SSSR count). The van der Waals surface area contributed by atoms with Gasteiger partial charge in [0, 0.05) is 18.8 Å². The number of carbonyl (C=O) groups is 2. The van der Waals surface area contributed by atoms with E-state index in [0.29, 0.717) is 41.4 Å². The Bertz CT molecular complexity index is 1410. The maximum absolute atomic E-state index is 14.1. The summed E-state index contributed by atoms with van der Waals surface area (Å²) in [7, 11) is 3.16. The summed E-state index contributed by atoms with van der Waals surface area (Å²) in [5.74, 6) is 0.637. The lowest BCUT2D eigenvalue weighted by Crippen LogP contribution is -2.46. The maximum Gasteiger partial charge on any atom is 0.249 e. The molecular weight excluding hydrogens is 498 g/mol. The summed E-state index contributed by atoms with van der Waals surface area (Å²) in [5, 5.41) is 11.4. The first-order valence-corrected chi connectivity index (χ1v) is 12.8. The number of nitrogens with zero attached hydrogens (tertiary/aromatic N) is 4. The first kappa shape index (κ1) is 26.2. The van der Waals surface area contributed by atoms with Crippen molar-refractivity contribution >= 4 is 28.5 Å². The number of methoxy groups -OCH3 is 2. The van der Waals surface area contributed by atoms with Gasteiger partial charge < -0.3 is 19.5 Å². The maximum atomic E-state index is 14.1. The molecular formula is C29H31N5O5. The summed E-state index contributed by atoms with van der Waals surface area (Å²) in [5.41, 5.74) is 2.58. The Kier molecular flexibility index (Phi) is 8.02. The van der Waals surface area contributed by atoms with Gasteiger partial charge in [-0.3, -0.25) is 14.5 Å². The molecule has 0 spiro atoms. The highest BCUT2D eigenvalue weighted by atomic mass is 16.5. The zero-order chi connectivity index (χ0) is 27.2. The summed E-state index contributed by atoms with van der Waals surface area (Å²) in [6.07, 6.45) is 1.80. The lowest BCUT2D eigenvalue weighted by Gasteiger charge is -2.32. The molecule has 10 nitrogen and oxygen atoms in total. The number of para-hydroxylation sites is 1. The van der Waals surface area contributed by atoms with Gasteiger partial charge in [-0.25, -0.2) is 4.68 Å². The number of rotatable bonds is 10. The lowest BCUT2D eigenvalue weighted by molar-refractivity contribution is -0.127. The molecule has 1 aliphatic heterocycles. The predicted octanol–water partition coefficient (Wildman–Crippen LogP) is 3.52. The van der Waals surface area contributed by atoms with Gasteiger partial charge in [0.15, 0.2) is 0 Å². The van der Waals surface area contributed by atoms with Crippen LogP contribution in [-0.2, 0) is 20.9 Å². The first-order valence-electron chi connectivity index (χ1n) is 12.8. The van der Waals surface area contributed by atoms with Gasteiger partial charge in [-0.05, 0) is 66.9 Å². The van der Waals surface area contributed by atoms with Gasteiger partial charge in [0.2, 0.25) is 11.8 Å². The number of fused-ring (bicyclic) bond motifs is 1. The average Bonchev–Trinajstić information content (AvgIpc) is 3.65. The van der Waals surface area contributed by atoms with Gasteiger partial charge in [-0.1, -0.05) is 29.5 Å². The third kappa shape index (κ3) is 5.85. The van der Waals surface area contributed by atoms with E-state index in [9.17, 15) is 9.59 Å². The van der Waals surface area contributed by atoms with Crippen molar-refractivity contribution in [2.24, 2.45) is 0 Å². The third-order valence-corrected chi connectivity index (χ3v) is 6.79. The predicted molar refractivity (Wildman–Crippen MR) is 146 cm³/mol. The molecule has 1 N–H and O–H groups in total. The van der Waals surface area contributed by atoms with E-state index in [-0.39, 0.29) is 24.5 Å². The van der Waals surface area contributed by atoms with E-state index in [1.807, 2.05) is 24.3 Å². The second-order valence-electron chi connectivity index (χ2n) is 9.25. The van der Waals surface area contributed by atoms with Crippen molar-refractivity contribution in [2.75, 3.05) is 32.3 Å². The minimum absolute atomic E-state index is 0.0443. The van der Waals surface area contributed by atoms with Crippen LogP contribution in [0.5, 0.6) is 11.5 Å². The van der Waals surface area contributed by atoms with Gasteiger partial charge in [0.05, 0.1) is 25.8 Å². The van der Waals surface area contributed by atoms with E-state index in [2.05, 4.69) is 15.6 Å². The second kappa shape index (κ2) is 12.0. The fourth-order valence-electron chi connectivity index (χ4n) is 4.74. The number of benzene rings is 3. The lowest BCUT2D eigenvalue weighted by atomic mass is 10.0. The van der Waals surface area contributed by atoms with Crippen molar-refractivity contribution < 1.29 is 23.8 Å². The number of hydrogen-bond donors (Lipinski definition) is 1. The van der Waals surface area contributed by atoms with Crippen LogP contribution in [0.2, 0.25) is 0 Å². The summed E-state index contributed by atoms with van der Waals surface area (Å²) in [4.78, 5) is 29.5. The molecule has 1 fully saturated rings. The Morgan fingerprint density at radius 1 is 1.03 bits per heavy atom. The Morgan fingerprint density at radius 3 is 2.38 bits per heavy atom. The number of amides is 2. The van der Waals surface area contributed by atoms with E-state index >= 15 is 0 Å². The van der Waals surface area contributed by atoms with Crippen LogP contribution in [0.4, 0.5) is 5.69 Å². The number of hydrogen-bond acceptors (Lipinski definition) is 7. The zero-order valence-electron chi connectivity index (χ0n) is 21.9. The van der Waals surface area contributed by atoms with Crippen LogP contribution in [0.25, 0.3) is 11.0 Å². The van der Waals surface area contributed by atoms with Crippen LogP contribution in [0.1, 0.15) is 24.4 Å². The molecule has 0 bridgehead atoms. The van der Waals surface area contributed by atoms with Gasteiger partial charge in [0.25, 0.3) is 0 Å². The van der Waals surface area contributed by atoms with E-state index in [0.717, 1.165) is 18.4 Å². The quantitative estimate of drug-likeness (QED) is 0.335. The van der Waals surface area contributed by atoms with Crippen LogP contribution in [-0.4, -0.2) is 60.3 Å². The van der Waals surface area contributed by atoms with Gasteiger partial charge in [0.1, 0.15) is 29.6 Å². The number of ether oxygens (including phenoxy) is 3. The Hall–Kier alpha value is -4.44. The molecule has 202 valence electrons. The molecule has 39 heavy (non-hydrogen) atoms. The number of anilines is 1. The van der Waals surface area contributed by atoms with E-state index in [4.69, 9.17) is 14.2 Å². The van der Waals surface area contributed by atoms with Crippen LogP contribution in [0.15, 0.2) is 72.8 Å². The molecule has 1 saturated heterocycles. The van der Waals surface area contributed by atoms with Crippen LogP contribution < -0.4 is 19.7 Å². The van der Waals surface area contributed by atoms with Crippen molar-refractivity contribution in [3.05, 3.63) is 78.4 Å². The monoisotopic (exact) mass is 529 g/mol. The van der Waals surface area contributed by atoms with Crippen molar-refractivity contribution in [1.29, 1.82) is 0 Å². The highest BCUT2D eigenvalue weighted by molar-refractivity contribution is 6.01. The summed E-state index contributed by atoms with van der Waals surface area (Å²) < 4.78 is 17.9. The minimum Gasteiger partial charge on any atom is -0.497 e. The third-order valence-electron chi connectivity index (χ3n) is 6.79. The fraction of sp³-hybridized carbons (Fsp3) is 0.310. The normalized spacial score (nSPS) is 15.6. The Morgan fingerprint density at radius 2 is 1.72 bits per heavy atom. The van der Waals surface area contributed by atoms with Gasteiger partial charge >= 0.3 is 0 Å². The number of aromatic nitrogens is 3. The van der Waals surface area contributed by atoms with Crippen LogP contribution >= 0.6 is 0 Å². The van der Waals surface area contributed by atoms with Crippen LogP contribution in [0.3, 0.4) is 0 Å². The molecule has 1 aliphatic rings. The summed E-state index contributed by atoms with van der Waals surface area (Å²) >= 11 is 0. The zero-order valence-corrected chi connectivity index (χ0v) is 21.9. The molecule has 1 aromatic heterocycles. The molecule has 0 aliphatic carbocycles. The van der Waals surface area contributed by atoms with Gasteiger partial charge in [-0.15, -0.1) is 5.10 Å². The van der Waals surface area contributed by atoms with Crippen molar-refractivity contribution in [3.8, 4) is 11.5 Å². The van der Waals surface area contributed by atoms with E-state index in [1.54, 1.807) is 67.4 Å². The van der Waals surface area contributed by atoms with E-state index < -0.39 is 6.04 Å². The summed E-state index contributed by atoms with van der Waals surface area (Å²) in [6, 6.07) is 20.7. The molecule has 2 amide bonds. The average molecular weight is 530 g/mol. The molecule has 0 saturated carbocycles. The van der Waals surface area contributed by atoms with Crippen molar-refractivity contribution in [3.63, 3.8) is 0 Å². The minimum atomic E-state index is -0.965. The van der Waals surface area contributed by atoms with E-state index in [1.165, 1.54) is 4.90 Å². The Labute approximate surface area is 226 Å². The fourth-order valence-corrected chi connectivity index (χ4v) is 4.74. The second-order valence-corrected chi connectivity index (χ2v) is 9.25. The first-order chi connectivity index (χ1) is 19.1. The Balaban J connectivity index is 1.53. The van der Waals surface area contributed by atoms with Crippen molar-refractivity contribution in [2.45, 2.75) is 31.5 Å². The summed E-state index contributed by atoms with van der Waals surface area (Å²) in [6.45, 7) is 0.937. The molecule has 10 heteroatoms. The molecule has 2 atom stereocenters. The molecule has 0 radical (unpaired) electrons. The van der Waals surface area contributed by atoms with Crippen LogP contribution in [0, 0.1) is 0 Å². The molecule has 2 unspecified atom stereocenters. The SMILES string of the molecule is COc1ccc(C(C(=O)NCC2CCCO2)N(C(=O)Cn2nnc3ccccc32)c2ccc(OC)cc2)cc1.